The number of halogens is 1. The second-order valence-electron chi connectivity index (χ2n) is 8.63. The van der Waals surface area contributed by atoms with Crippen LogP contribution >= 0.6 is 11.8 Å². The average molecular weight is 429 g/mol. The first kappa shape index (κ1) is 20.2. The number of nitrogens with zero attached hydrogens (tertiary/aromatic N) is 2. The SMILES string of the molecule is OC1(c2ccc3c(c2)CN(C2CCSC2)CCO3)CCN(c2ccccc2F)CC1. The minimum absolute atomic E-state index is 0.199. The van der Waals surface area contributed by atoms with Crippen molar-refractivity contribution in [2.45, 2.75) is 37.5 Å². The van der Waals surface area contributed by atoms with Gasteiger partial charge < -0.3 is 14.7 Å². The lowest BCUT2D eigenvalue weighted by molar-refractivity contribution is 0.0115. The van der Waals surface area contributed by atoms with Crippen molar-refractivity contribution < 1.29 is 14.2 Å². The van der Waals surface area contributed by atoms with Gasteiger partial charge in [-0.3, -0.25) is 4.90 Å². The van der Waals surface area contributed by atoms with Gasteiger partial charge in [0.25, 0.3) is 0 Å². The Labute approximate surface area is 182 Å². The molecule has 3 aliphatic heterocycles. The third-order valence-electron chi connectivity index (χ3n) is 6.81. The van der Waals surface area contributed by atoms with Crippen molar-refractivity contribution in [3.8, 4) is 5.75 Å². The topological polar surface area (TPSA) is 35.9 Å². The molecule has 3 aliphatic rings. The Kier molecular flexibility index (Phi) is 5.65. The van der Waals surface area contributed by atoms with Crippen molar-refractivity contribution in [2.24, 2.45) is 0 Å². The molecule has 160 valence electrons. The van der Waals surface area contributed by atoms with E-state index < -0.39 is 5.60 Å². The van der Waals surface area contributed by atoms with Gasteiger partial charge in [-0.1, -0.05) is 18.2 Å². The number of fused-ring (bicyclic) bond motifs is 1. The van der Waals surface area contributed by atoms with Gasteiger partial charge in [0.2, 0.25) is 0 Å². The maximum atomic E-state index is 14.2. The summed E-state index contributed by atoms with van der Waals surface area (Å²) in [5.74, 6) is 3.19. The summed E-state index contributed by atoms with van der Waals surface area (Å²) < 4.78 is 20.2. The highest BCUT2D eigenvalue weighted by molar-refractivity contribution is 7.99. The van der Waals surface area contributed by atoms with E-state index in [-0.39, 0.29) is 5.82 Å². The fourth-order valence-corrected chi connectivity index (χ4v) is 6.20. The predicted molar refractivity (Wildman–Crippen MR) is 120 cm³/mol. The van der Waals surface area contributed by atoms with Crippen LogP contribution < -0.4 is 9.64 Å². The van der Waals surface area contributed by atoms with Crippen molar-refractivity contribution >= 4 is 17.4 Å². The molecule has 1 unspecified atom stereocenters. The van der Waals surface area contributed by atoms with Crippen LogP contribution in [-0.2, 0) is 12.1 Å². The number of hydrogen-bond donors (Lipinski definition) is 1. The Morgan fingerprint density at radius 1 is 1.10 bits per heavy atom. The maximum Gasteiger partial charge on any atom is 0.146 e. The molecule has 2 fully saturated rings. The largest absolute Gasteiger partial charge is 0.492 e. The molecule has 1 atom stereocenters. The maximum absolute atomic E-state index is 14.2. The van der Waals surface area contributed by atoms with E-state index in [1.807, 2.05) is 40.9 Å². The lowest BCUT2D eigenvalue weighted by Crippen LogP contribution is -2.43. The normalized spacial score (nSPS) is 24.2. The first-order chi connectivity index (χ1) is 14.6. The van der Waals surface area contributed by atoms with Gasteiger partial charge in [-0.05, 0) is 54.8 Å². The van der Waals surface area contributed by atoms with Crippen molar-refractivity contribution in [1.82, 2.24) is 4.90 Å². The molecule has 6 heteroatoms. The smallest absolute Gasteiger partial charge is 0.146 e. The first-order valence-electron chi connectivity index (χ1n) is 10.9. The zero-order valence-electron chi connectivity index (χ0n) is 17.2. The number of ether oxygens (including phenoxy) is 1. The molecule has 0 bridgehead atoms. The molecule has 0 amide bonds. The Bertz CT molecular complexity index is 895. The number of benzene rings is 2. The lowest BCUT2D eigenvalue weighted by atomic mass is 9.83. The van der Waals surface area contributed by atoms with Crippen LogP contribution in [0, 0.1) is 5.82 Å². The molecule has 0 saturated carbocycles. The van der Waals surface area contributed by atoms with Gasteiger partial charge in [-0.25, -0.2) is 4.39 Å². The molecule has 0 radical (unpaired) electrons. The van der Waals surface area contributed by atoms with Gasteiger partial charge in [0.05, 0.1) is 11.3 Å². The van der Waals surface area contributed by atoms with E-state index in [0.717, 1.165) is 31.0 Å². The number of piperidine rings is 1. The van der Waals surface area contributed by atoms with Gasteiger partial charge in [0, 0.05) is 43.5 Å². The van der Waals surface area contributed by atoms with Crippen LogP contribution in [-0.4, -0.2) is 53.8 Å². The molecular formula is C24H29FN2O2S. The Hall–Kier alpha value is -1.76. The van der Waals surface area contributed by atoms with E-state index in [9.17, 15) is 9.50 Å². The van der Waals surface area contributed by atoms with Crippen LogP contribution in [0.5, 0.6) is 5.75 Å². The number of aliphatic hydroxyl groups is 1. The Morgan fingerprint density at radius 3 is 2.70 bits per heavy atom. The van der Waals surface area contributed by atoms with E-state index in [2.05, 4.69) is 11.0 Å². The summed E-state index contributed by atoms with van der Waals surface area (Å²) in [5.41, 5.74) is 1.88. The molecular weight excluding hydrogens is 399 g/mol. The highest BCUT2D eigenvalue weighted by Gasteiger charge is 2.35. The zero-order chi connectivity index (χ0) is 20.6. The fraction of sp³-hybridized carbons (Fsp3) is 0.500. The molecule has 0 spiro atoms. The molecule has 0 aromatic heterocycles. The van der Waals surface area contributed by atoms with Crippen LogP contribution in [0.3, 0.4) is 0 Å². The summed E-state index contributed by atoms with van der Waals surface area (Å²) in [5, 5.41) is 11.4. The number of thioether (sulfide) groups is 1. The van der Waals surface area contributed by atoms with Crippen LogP contribution in [0.25, 0.3) is 0 Å². The van der Waals surface area contributed by atoms with Crippen LogP contribution in [0.15, 0.2) is 42.5 Å². The molecule has 0 aliphatic carbocycles. The molecule has 2 aromatic rings. The summed E-state index contributed by atoms with van der Waals surface area (Å²) in [6.07, 6.45) is 2.42. The molecule has 1 N–H and O–H groups in total. The van der Waals surface area contributed by atoms with E-state index in [1.54, 1.807) is 6.07 Å². The third-order valence-corrected chi connectivity index (χ3v) is 7.96. The monoisotopic (exact) mass is 428 g/mol. The highest BCUT2D eigenvalue weighted by Crippen LogP contribution is 2.38. The van der Waals surface area contributed by atoms with Crippen molar-refractivity contribution in [3.05, 3.63) is 59.4 Å². The second-order valence-corrected chi connectivity index (χ2v) is 9.78. The molecule has 2 saturated heterocycles. The standard InChI is InChI=1S/C24H29FN2O2S/c25-21-3-1-2-4-22(21)26-10-8-24(28,9-11-26)19-5-6-23-18(15-19)16-27(12-13-29-23)20-7-14-30-17-20/h1-6,15,20,28H,7-14,16-17H2. The summed E-state index contributed by atoms with van der Waals surface area (Å²) in [7, 11) is 0. The third kappa shape index (κ3) is 3.93. The summed E-state index contributed by atoms with van der Waals surface area (Å²) in [6.45, 7) is 3.82. The van der Waals surface area contributed by atoms with E-state index in [4.69, 9.17) is 4.74 Å². The van der Waals surface area contributed by atoms with Crippen molar-refractivity contribution in [3.63, 3.8) is 0 Å². The second kappa shape index (κ2) is 8.40. The highest BCUT2D eigenvalue weighted by atomic mass is 32.2. The van der Waals surface area contributed by atoms with Crippen LogP contribution in [0.4, 0.5) is 10.1 Å². The molecule has 5 rings (SSSR count). The fourth-order valence-electron chi connectivity index (χ4n) is 4.94. The van der Waals surface area contributed by atoms with Crippen molar-refractivity contribution in [1.29, 1.82) is 0 Å². The van der Waals surface area contributed by atoms with Gasteiger partial charge in [0.15, 0.2) is 0 Å². The number of para-hydroxylation sites is 1. The van der Waals surface area contributed by atoms with Gasteiger partial charge in [-0.15, -0.1) is 0 Å². The van der Waals surface area contributed by atoms with Gasteiger partial charge in [-0.2, -0.15) is 11.8 Å². The van der Waals surface area contributed by atoms with Gasteiger partial charge >= 0.3 is 0 Å². The molecule has 4 nitrogen and oxygen atoms in total. The number of hydrogen-bond acceptors (Lipinski definition) is 5. The van der Waals surface area contributed by atoms with E-state index in [1.165, 1.54) is 29.6 Å². The van der Waals surface area contributed by atoms with Crippen LogP contribution in [0.1, 0.15) is 30.4 Å². The van der Waals surface area contributed by atoms with Crippen molar-refractivity contribution in [2.75, 3.05) is 42.6 Å². The Morgan fingerprint density at radius 2 is 1.93 bits per heavy atom. The molecule has 2 aromatic carbocycles. The van der Waals surface area contributed by atoms with E-state index >= 15 is 0 Å². The average Bonchev–Trinajstić information content (AvgIpc) is 3.21. The summed E-state index contributed by atoms with van der Waals surface area (Å²) in [4.78, 5) is 4.58. The zero-order valence-corrected chi connectivity index (χ0v) is 18.0. The number of rotatable bonds is 3. The first-order valence-corrected chi connectivity index (χ1v) is 12.1. The Balaban J connectivity index is 1.33. The lowest BCUT2D eigenvalue weighted by Gasteiger charge is -2.40. The van der Waals surface area contributed by atoms with Gasteiger partial charge in [0.1, 0.15) is 18.2 Å². The summed E-state index contributed by atoms with van der Waals surface area (Å²) in [6, 6.07) is 13.7. The number of anilines is 1. The molecule has 3 heterocycles. The minimum atomic E-state index is -0.878. The quantitative estimate of drug-likeness (QED) is 0.799. The van der Waals surface area contributed by atoms with E-state index in [0.29, 0.717) is 37.7 Å². The minimum Gasteiger partial charge on any atom is -0.492 e. The summed E-state index contributed by atoms with van der Waals surface area (Å²) >= 11 is 2.03. The molecule has 30 heavy (non-hydrogen) atoms. The van der Waals surface area contributed by atoms with Crippen LogP contribution in [0.2, 0.25) is 0 Å². The predicted octanol–water partition coefficient (Wildman–Crippen LogP) is 4.01.